The molecule has 3 aromatic carbocycles. The van der Waals surface area contributed by atoms with Gasteiger partial charge in [-0.1, -0.05) is 30.3 Å². The molecular weight excluding hydrogens is 434 g/mol. The Kier molecular flexibility index (Phi) is 7.18. The number of carbonyl (C=O) groups is 1. The number of carbonyl (C=O) groups excluding carboxylic acids is 1. The van der Waals surface area contributed by atoms with Crippen molar-refractivity contribution in [2.75, 3.05) is 23.3 Å². The first kappa shape index (κ1) is 22.9. The third kappa shape index (κ3) is 5.48. The summed E-state index contributed by atoms with van der Waals surface area (Å²) >= 11 is 0. The van der Waals surface area contributed by atoms with Gasteiger partial charge in [-0.15, -0.1) is 0 Å². The number of nitro benzene ring substituents is 1. The second kappa shape index (κ2) is 10.0. The first-order valence-corrected chi connectivity index (χ1v) is 11.0. The average molecular weight is 455 g/mol. The summed E-state index contributed by atoms with van der Waals surface area (Å²) in [6.45, 7) is -0.162. The standard InChI is InChI=1S/C22H21N3O6S/c1-31-16-17-6-5-7-18(14-17)23-22(26)15-24(19-10-12-20(13-11-19)25(27)28)32(29,30)21-8-3-2-4-9-21/h2-14H,15-16H2,1H3,(H,23,26). The number of hydrogen-bond donors (Lipinski definition) is 1. The SMILES string of the molecule is COCc1cccc(NC(=O)CN(c2ccc([N+](=O)[O-])cc2)S(=O)(=O)c2ccccc2)c1. The summed E-state index contributed by atoms with van der Waals surface area (Å²) in [5.41, 5.74) is 1.27. The number of nitrogens with zero attached hydrogens (tertiary/aromatic N) is 2. The van der Waals surface area contributed by atoms with E-state index in [1.165, 1.54) is 36.4 Å². The molecule has 1 N–H and O–H groups in total. The normalized spacial score (nSPS) is 11.0. The van der Waals surface area contributed by atoms with Gasteiger partial charge >= 0.3 is 0 Å². The lowest BCUT2D eigenvalue weighted by Crippen LogP contribution is -2.38. The fraction of sp³-hybridized carbons (Fsp3) is 0.136. The fourth-order valence-electron chi connectivity index (χ4n) is 3.01. The molecule has 166 valence electrons. The van der Waals surface area contributed by atoms with Crippen molar-refractivity contribution in [1.82, 2.24) is 0 Å². The van der Waals surface area contributed by atoms with Crippen molar-refractivity contribution in [2.45, 2.75) is 11.5 Å². The summed E-state index contributed by atoms with van der Waals surface area (Å²) in [6.07, 6.45) is 0. The highest BCUT2D eigenvalue weighted by Gasteiger charge is 2.27. The van der Waals surface area contributed by atoms with Crippen LogP contribution in [0.1, 0.15) is 5.56 Å². The molecule has 0 atom stereocenters. The van der Waals surface area contributed by atoms with Crippen molar-refractivity contribution in [3.8, 4) is 0 Å². The van der Waals surface area contributed by atoms with Gasteiger partial charge in [-0.3, -0.25) is 19.2 Å². The number of nitro groups is 1. The van der Waals surface area contributed by atoms with E-state index in [0.717, 1.165) is 9.87 Å². The summed E-state index contributed by atoms with van der Waals surface area (Å²) in [5, 5.41) is 13.6. The van der Waals surface area contributed by atoms with Crippen LogP contribution in [0.25, 0.3) is 0 Å². The molecule has 0 saturated carbocycles. The number of anilines is 2. The number of methoxy groups -OCH3 is 1. The van der Waals surface area contributed by atoms with Gasteiger partial charge in [-0.2, -0.15) is 0 Å². The highest BCUT2D eigenvalue weighted by Crippen LogP contribution is 2.26. The van der Waals surface area contributed by atoms with Crippen LogP contribution in [0.3, 0.4) is 0 Å². The molecule has 3 rings (SSSR count). The van der Waals surface area contributed by atoms with Crippen molar-refractivity contribution in [1.29, 1.82) is 0 Å². The van der Waals surface area contributed by atoms with Crippen LogP contribution in [0.4, 0.5) is 17.1 Å². The number of benzene rings is 3. The van der Waals surface area contributed by atoms with Crippen molar-refractivity contribution in [2.24, 2.45) is 0 Å². The molecule has 0 radical (unpaired) electrons. The molecule has 3 aromatic rings. The number of amides is 1. The molecule has 0 aliphatic rings. The molecule has 32 heavy (non-hydrogen) atoms. The Balaban J connectivity index is 1.91. The summed E-state index contributed by atoms with van der Waals surface area (Å²) in [5.74, 6) is -0.572. The van der Waals surface area contributed by atoms with Crippen LogP contribution in [0, 0.1) is 10.1 Å². The van der Waals surface area contributed by atoms with E-state index >= 15 is 0 Å². The Bertz CT molecular complexity index is 1200. The Morgan fingerprint density at radius 1 is 1.03 bits per heavy atom. The molecule has 0 heterocycles. The van der Waals surface area contributed by atoms with Crippen molar-refractivity contribution in [3.63, 3.8) is 0 Å². The zero-order valence-electron chi connectivity index (χ0n) is 17.2. The van der Waals surface area contributed by atoms with E-state index in [1.807, 2.05) is 6.07 Å². The van der Waals surface area contributed by atoms with Crippen molar-refractivity contribution >= 4 is 33.0 Å². The predicted octanol–water partition coefficient (Wildman–Crippen LogP) is 3.58. The van der Waals surface area contributed by atoms with Crippen LogP contribution in [0.5, 0.6) is 0 Å². The number of sulfonamides is 1. The minimum Gasteiger partial charge on any atom is -0.380 e. The molecule has 0 saturated heterocycles. The molecule has 10 heteroatoms. The molecule has 0 spiro atoms. The van der Waals surface area contributed by atoms with Crippen molar-refractivity contribution in [3.05, 3.63) is 94.5 Å². The van der Waals surface area contributed by atoms with Crippen LogP contribution in [0.15, 0.2) is 83.8 Å². The zero-order valence-corrected chi connectivity index (χ0v) is 18.0. The second-order valence-electron chi connectivity index (χ2n) is 6.78. The molecular formula is C22H21N3O6S. The topological polar surface area (TPSA) is 119 Å². The van der Waals surface area contributed by atoms with Gasteiger partial charge in [0, 0.05) is 24.9 Å². The van der Waals surface area contributed by atoms with Gasteiger partial charge in [0.2, 0.25) is 5.91 Å². The second-order valence-corrected chi connectivity index (χ2v) is 8.64. The van der Waals surface area contributed by atoms with Gasteiger partial charge in [-0.05, 0) is 42.0 Å². The van der Waals surface area contributed by atoms with E-state index in [4.69, 9.17) is 4.74 Å². The number of rotatable bonds is 9. The minimum absolute atomic E-state index is 0.00625. The van der Waals surface area contributed by atoms with E-state index in [2.05, 4.69) is 5.32 Å². The monoisotopic (exact) mass is 455 g/mol. The average Bonchev–Trinajstić information content (AvgIpc) is 2.78. The number of ether oxygens (including phenoxy) is 1. The third-order valence-electron chi connectivity index (χ3n) is 4.49. The molecule has 0 fully saturated rings. The maximum absolute atomic E-state index is 13.3. The maximum Gasteiger partial charge on any atom is 0.269 e. The first-order chi connectivity index (χ1) is 15.3. The lowest BCUT2D eigenvalue weighted by molar-refractivity contribution is -0.384. The lowest BCUT2D eigenvalue weighted by Gasteiger charge is -2.24. The number of nitrogens with one attached hydrogen (secondary N) is 1. The Morgan fingerprint density at radius 3 is 2.34 bits per heavy atom. The first-order valence-electron chi connectivity index (χ1n) is 9.51. The van der Waals surface area contributed by atoms with Gasteiger partial charge in [-0.25, -0.2) is 8.42 Å². The van der Waals surface area contributed by atoms with Crippen LogP contribution in [-0.4, -0.2) is 32.9 Å². The van der Waals surface area contributed by atoms with E-state index in [9.17, 15) is 23.3 Å². The van der Waals surface area contributed by atoms with Gasteiger partial charge in [0.1, 0.15) is 6.54 Å². The summed E-state index contributed by atoms with van der Waals surface area (Å²) < 4.78 is 32.5. The summed E-state index contributed by atoms with van der Waals surface area (Å²) in [7, 11) is -2.55. The summed E-state index contributed by atoms with van der Waals surface area (Å²) in [4.78, 5) is 23.1. The minimum atomic E-state index is -4.11. The van der Waals surface area contributed by atoms with E-state index < -0.39 is 27.4 Å². The quantitative estimate of drug-likeness (QED) is 0.389. The predicted molar refractivity (Wildman–Crippen MR) is 120 cm³/mol. The highest BCUT2D eigenvalue weighted by molar-refractivity contribution is 7.92. The number of non-ortho nitro benzene ring substituents is 1. The van der Waals surface area contributed by atoms with Crippen LogP contribution in [0.2, 0.25) is 0 Å². The Labute approximate surface area is 185 Å². The molecule has 0 aliphatic carbocycles. The zero-order chi connectivity index (χ0) is 23.1. The summed E-state index contributed by atoms with van der Waals surface area (Å²) in [6, 6.07) is 19.6. The van der Waals surface area contributed by atoms with Crippen molar-refractivity contribution < 1.29 is 22.9 Å². The van der Waals surface area contributed by atoms with Gasteiger partial charge < -0.3 is 10.1 Å². The van der Waals surface area contributed by atoms with Gasteiger partial charge in [0.25, 0.3) is 15.7 Å². The molecule has 9 nitrogen and oxygen atoms in total. The highest BCUT2D eigenvalue weighted by atomic mass is 32.2. The number of hydrogen-bond acceptors (Lipinski definition) is 6. The largest absolute Gasteiger partial charge is 0.380 e. The molecule has 0 aromatic heterocycles. The van der Waals surface area contributed by atoms with Gasteiger partial charge in [0.05, 0.1) is 22.1 Å². The molecule has 0 unspecified atom stereocenters. The Morgan fingerprint density at radius 2 is 1.72 bits per heavy atom. The van der Waals surface area contributed by atoms with Crippen LogP contribution in [-0.2, 0) is 26.2 Å². The van der Waals surface area contributed by atoms with Crippen LogP contribution < -0.4 is 9.62 Å². The third-order valence-corrected chi connectivity index (χ3v) is 6.28. The molecule has 1 amide bonds. The smallest absolute Gasteiger partial charge is 0.269 e. The fourth-order valence-corrected chi connectivity index (χ4v) is 4.45. The van der Waals surface area contributed by atoms with Gasteiger partial charge in [0.15, 0.2) is 0 Å². The lowest BCUT2D eigenvalue weighted by atomic mass is 10.2. The van der Waals surface area contributed by atoms with E-state index in [-0.39, 0.29) is 16.3 Å². The van der Waals surface area contributed by atoms with E-state index in [1.54, 1.807) is 43.5 Å². The maximum atomic E-state index is 13.3. The Hall–Kier alpha value is -3.76. The van der Waals surface area contributed by atoms with Crippen LogP contribution >= 0.6 is 0 Å². The van der Waals surface area contributed by atoms with E-state index in [0.29, 0.717) is 12.3 Å². The molecule has 0 bridgehead atoms. The molecule has 0 aliphatic heterocycles.